The van der Waals surface area contributed by atoms with E-state index < -0.39 is 4.92 Å². The molecule has 0 atom stereocenters. The molecule has 29 heavy (non-hydrogen) atoms. The second-order valence-electron chi connectivity index (χ2n) is 6.90. The number of carbonyl (C=O) groups excluding carboxylic acids is 1. The lowest BCUT2D eigenvalue weighted by molar-refractivity contribution is -0.385. The second kappa shape index (κ2) is 9.88. The number of hydrogen-bond acceptors (Lipinski definition) is 6. The average Bonchev–Trinajstić information content (AvgIpc) is 2.74. The highest BCUT2D eigenvalue weighted by Crippen LogP contribution is 2.27. The summed E-state index contributed by atoms with van der Waals surface area (Å²) in [4.78, 5) is 27.0. The molecule has 2 aromatic carbocycles. The van der Waals surface area contributed by atoms with Gasteiger partial charge in [-0.2, -0.15) is 0 Å². The molecule has 154 valence electrons. The maximum Gasteiger partial charge on any atom is 0.311 e. The van der Waals surface area contributed by atoms with Crippen LogP contribution in [0.25, 0.3) is 0 Å². The molecular formula is C21H25N3O5. The van der Waals surface area contributed by atoms with Gasteiger partial charge >= 0.3 is 5.69 Å². The summed E-state index contributed by atoms with van der Waals surface area (Å²) in [7, 11) is 0. The normalized spacial score (nSPS) is 14.4. The molecule has 0 aromatic heterocycles. The highest BCUT2D eigenvalue weighted by atomic mass is 16.6. The minimum atomic E-state index is -0.497. The van der Waals surface area contributed by atoms with Crippen LogP contribution in [-0.4, -0.2) is 66.6 Å². The second-order valence-corrected chi connectivity index (χ2v) is 6.90. The van der Waals surface area contributed by atoms with Gasteiger partial charge in [-0.15, -0.1) is 0 Å². The molecule has 0 unspecified atom stereocenters. The Morgan fingerprint density at radius 2 is 1.79 bits per heavy atom. The Hall–Kier alpha value is -3.13. The Balaban J connectivity index is 1.40. The Morgan fingerprint density at radius 3 is 2.48 bits per heavy atom. The van der Waals surface area contributed by atoms with Gasteiger partial charge in [0.15, 0.2) is 12.4 Å². The number of benzene rings is 2. The van der Waals surface area contributed by atoms with Crippen molar-refractivity contribution >= 4 is 11.6 Å². The van der Waals surface area contributed by atoms with Crippen LogP contribution < -0.4 is 9.47 Å². The van der Waals surface area contributed by atoms with Crippen molar-refractivity contribution in [1.82, 2.24) is 9.80 Å². The standard InChI is InChI=1S/C21H25N3O5/c1-17-7-8-20(19(15-17)24(26)27)29-16-21(25)23-11-9-22(10-12-23)13-14-28-18-5-3-2-4-6-18/h2-8,15H,9-14,16H2,1H3. The van der Waals surface area contributed by atoms with Crippen LogP contribution in [-0.2, 0) is 4.79 Å². The number of nitrogens with zero attached hydrogens (tertiary/aromatic N) is 3. The van der Waals surface area contributed by atoms with Gasteiger partial charge in [0.1, 0.15) is 12.4 Å². The average molecular weight is 399 g/mol. The fraction of sp³-hybridized carbons (Fsp3) is 0.381. The van der Waals surface area contributed by atoms with E-state index in [1.807, 2.05) is 30.3 Å². The van der Waals surface area contributed by atoms with E-state index in [0.717, 1.165) is 30.9 Å². The molecule has 0 radical (unpaired) electrons. The van der Waals surface area contributed by atoms with Gasteiger partial charge in [0.25, 0.3) is 5.91 Å². The molecule has 1 fully saturated rings. The van der Waals surface area contributed by atoms with E-state index in [2.05, 4.69) is 4.90 Å². The highest BCUT2D eigenvalue weighted by molar-refractivity contribution is 5.78. The van der Waals surface area contributed by atoms with E-state index in [1.165, 1.54) is 12.1 Å². The Kier molecular flexibility index (Phi) is 7.02. The third-order valence-electron chi connectivity index (χ3n) is 4.81. The number of aryl methyl sites for hydroxylation is 1. The van der Waals surface area contributed by atoms with Gasteiger partial charge in [-0.3, -0.25) is 19.8 Å². The summed E-state index contributed by atoms with van der Waals surface area (Å²) in [6.45, 7) is 5.67. The number of amides is 1. The monoisotopic (exact) mass is 399 g/mol. The van der Waals surface area contributed by atoms with Crippen molar-refractivity contribution in [2.75, 3.05) is 45.9 Å². The van der Waals surface area contributed by atoms with E-state index in [9.17, 15) is 14.9 Å². The molecule has 1 aliphatic rings. The lowest BCUT2D eigenvalue weighted by Gasteiger charge is -2.34. The fourth-order valence-electron chi connectivity index (χ4n) is 3.15. The topological polar surface area (TPSA) is 85.2 Å². The van der Waals surface area contributed by atoms with Crippen LogP contribution in [0, 0.1) is 17.0 Å². The zero-order chi connectivity index (χ0) is 20.6. The summed E-state index contributed by atoms with van der Waals surface area (Å²) < 4.78 is 11.2. The maximum absolute atomic E-state index is 12.4. The molecular weight excluding hydrogens is 374 g/mol. The van der Waals surface area contributed by atoms with E-state index in [1.54, 1.807) is 17.9 Å². The molecule has 8 heteroatoms. The molecule has 0 saturated carbocycles. The number of rotatable bonds is 8. The van der Waals surface area contributed by atoms with Gasteiger partial charge in [0, 0.05) is 38.8 Å². The predicted octanol–water partition coefficient (Wildman–Crippen LogP) is 2.51. The van der Waals surface area contributed by atoms with Gasteiger partial charge in [-0.1, -0.05) is 24.3 Å². The smallest absolute Gasteiger partial charge is 0.311 e. The van der Waals surface area contributed by atoms with E-state index in [-0.39, 0.29) is 24.0 Å². The van der Waals surface area contributed by atoms with Crippen LogP contribution >= 0.6 is 0 Å². The van der Waals surface area contributed by atoms with Gasteiger partial charge in [-0.05, 0) is 30.7 Å². The van der Waals surface area contributed by atoms with Crippen molar-refractivity contribution in [3.05, 3.63) is 64.2 Å². The fourth-order valence-corrected chi connectivity index (χ4v) is 3.15. The third-order valence-corrected chi connectivity index (χ3v) is 4.81. The summed E-state index contributed by atoms with van der Waals surface area (Å²) in [5.74, 6) is 0.800. The molecule has 8 nitrogen and oxygen atoms in total. The largest absolute Gasteiger partial charge is 0.492 e. The molecule has 0 N–H and O–H groups in total. The van der Waals surface area contributed by atoms with Gasteiger partial charge < -0.3 is 14.4 Å². The number of ether oxygens (including phenoxy) is 2. The van der Waals surface area contributed by atoms with Crippen molar-refractivity contribution in [2.24, 2.45) is 0 Å². The van der Waals surface area contributed by atoms with Gasteiger partial charge in [0.2, 0.25) is 0 Å². The number of para-hydroxylation sites is 1. The first-order chi connectivity index (χ1) is 14.0. The highest BCUT2D eigenvalue weighted by Gasteiger charge is 2.23. The molecule has 0 bridgehead atoms. The number of nitro benzene ring substituents is 1. The van der Waals surface area contributed by atoms with Crippen molar-refractivity contribution in [2.45, 2.75) is 6.92 Å². The number of piperazine rings is 1. The van der Waals surface area contributed by atoms with Crippen LogP contribution in [0.1, 0.15) is 5.56 Å². The van der Waals surface area contributed by atoms with Crippen molar-refractivity contribution in [3.8, 4) is 11.5 Å². The van der Waals surface area contributed by atoms with Crippen LogP contribution in [0.2, 0.25) is 0 Å². The molecule has 1 amide bonds. The number of nitro groups is 1. The van der Waals surface area contributed by atoms with E-state index in [4.69, 9.17) is 9.47 Å². The van der Waals surface area contributed by atoms with Crippen LogP contribution in [0.5, 0.6) is 11.5 Å². The zero-order valence-corrected chi connectivity index (χ0v) is 16.5. The number of carbonyl (C=O) groups is 1. The summed E-state index contributed by atoms with van der Waals surface area (Å²) in [6.07, 6.45) is 0. The quantitative estimate of drug-likeness (QED) is 0.501. The first kappa shape index (κ1) is 20.6. The summed E-state index contributed by atoms with van der Waals surface area (Å²) in [6, 6.07) is 14.4. The SMILES string of the molecule is Cc1ccc(OCC(=O)N2CCN(CCOc3ccccc3)CC2)c([N+](=O)[O-])c1. The van der Waals surface area contributed by atoms with Crippen molar-refractivity contribution in [1.29, 1.82) is 0 Å². The van der Waals surface area contributed by atoms with Crippen molar-refractivity contribution in [3.63, 3.8) is 0 Å². The lowest BCUT2D eigenvalue weighted by Crippen LogP contribution is -2.50. The minimum Gasteiger partial charge on any atom is -0.492 e. The molecule has 1 saturated heterocycles. The molecule has 0 aliphatic carbocycles. The molecule has 0 spiro atoms. The van der Waals surface area contributed by atoms with Crippen LogP contribution in [0.3, 0.4) is 0 Å². The maximum atomic E-state index is 12.4. The van der Waals surface area contributed by atoms with Crippen LogP contribution in [0.4, 0.5) is 5.69 Å². The summed E-state index contributed by atoms with van der Waals surface area (Å²) >= 11 is 0. The first-order valence-electron chi connectivity index (χ1n) is 9.59. The third kappa shape index (κ3) is 5.92. The summed E-state index contributed by atoms with van der Waals surface area (Å²) in [5, 5.41) is 11.1. The molecule has 3 rings (SSSR count). The first-order valence-corrected chi connectivity index (χ1v) is 9.59. The lowest BCUT2D eigenvalue weighted by atomic mass is 10.2. The number of hydrogen-bond donors (Lipinski definition) is 0. The molecule has 1 heterocycles. The Morgan fingerprint density at radius 1 is 1.07 bits per heavy atom. The molecule has 2 aromatic rings. The van der Waals surface area contributed by atoms with Crippen LogP contribution in [0.15, 0.2) is 48.5 Å². The molecule has 1 aliphatic heterocycles. The van der Waals surface area contributed by atoms with Crippen molar-refractivity contribution < 1.29 is 19.2 Å². The Bertz CT molecular complexity index is 835. The van der Waals surface area contributed by atoms with Gasteiger partial charge in [-0.25, -0.2) is 0 Å². The summed E-state index contributed by atoms with van der Waals surface area (Å²) in [5.41, 5.74) is 0.642. The zero-order valence-electron chi connectivity index (χ0n) is 16.5. The Labute approximate surface area is 169 Å². The van der Waals surface area contributed by atoms with E-state index >= 15 is 0 Å². The van der Waals surface area contributed by atoms with E-state index in [0.29, 0.717) is 19.7 Å². The van der Waals surface area contributed by atoms with Gasteiger partial charge in [0.05, 0.1) is 4.92 Å². The minimum absolute atomic E-state index is 0.116. The predicted molar refractivity (Wildman–Crippen MR) is 108 cm³/mol.